The molecule has 1 aromatic carbocycles. The van der Waals surface area contributed by atoms with Crippen LogP contribution in [-0.2, 0) is 22.6 Å². The van der Waals surface area contributed by atoms with Gasteiger partial charge in [-0.25, -0.2) is 4.98 Å². The number of aromatic nitrogens is 1. The van der Waals surface area contributed by atoms with Crippen LogP contribution < -0.4 is 0 Å². The van der Waals surface area contributed by atoms with E-state index in [1.807, 2.05) is 28.3 Å². The molecule has 0 aliphatic carbocycles. The molecule has 0 amide bonds. The largest absolute Gasteiger partial charge is 0.460 e. The number of nitrogens with zero attached hydrogens (tertiary/aromatic N) is 2. The van der Waals surface area contributed by atoms with E-state index in [1.165, 1.54) is 11.3 Å². The number of carbonyl (C=O) groups excluding carboxylic acids is 1. The molecule has 6 heteroatoms. The van der Waals surface area contributed by atoms with Crippen molar-refractivity contribution >= 4 is 28.6 Å². The van der Waals surface area contributed by atoms with Crippen LogP contribution in [-0.4, -0.2) is 11.0 Å². The fraction of sp³-hybridized carbons (Fsp3) is 0.118. The van der Waals surface area contributed by atoms with Crippen molar-refractivity contribution in [2.45, 2.75) is 13.0 Å². The number of thiophene rings is 1. The van der Waals surface area contributed by atoms with Crippen LogP contribution in [0.2, 0.25) is 0 Å². The summed E-state index contributed by atoms with van der Waals surface area (Å²) in [6, 6.07) is 11.2. The van der Waals surface area contributed by atoms with Gasteiger partial charge in [-0.3, -0.25) is 4.79 Å². The number of rotatable bonds is 5. The Morgan fingerprint density at radius 3 is 2.91 bits per heavy atom. The zero-order chi connectivity index (χ0) is 16.1. The first-order valence-corrected chi connectivity index (χ1v) is 8.69. The molecule has 0 radical (unpaired) electrons. The molecule has 0 unspecified atom stereocenters. The van der Waals surface area contributed by atoms with Gasteiger partial charge in [-0.2, -0.15) is 16.6 Å². The van der Waals surface area contributed by atoms with Crippen LogP contribution in [0.3, 0.4) is 0 Å². The van der Waals surface area contributed by atoms with Crippen molar-refractivity contribution in [2.24, 2.45) is 0 Å². The van der Waals surface area contributed by atoms with Crippen LogP contribution in [0.25, 0.3) is 10.6 Å². The molecule has 0 saturated heterocycles. The number of esters is 1. The summed E-state index contributed by atoms with van der Waals surface area (Å²) < 4.78 is 5.25. The third kappa shape index (κ3) is 3.83. The summed E-state index contributed by atoms with van der Waals surface area (Å²) in [6.45, 7) is 0.101. The SMILES string of the molecule is N#Cc1ccccc1COC(=O)Cc1csc(-c2ccsc2)n1. The van der Waals surface area contributed by atoms with Crippen LogP contribution in [0, 0.1) is 11.3 Å². The van der Waals surface area contributed by atoms with Gasteiger partial charge in [0.15, 0.2) is 0 Å². The highest BCUT2D eigenvalue weighted by molar-refractivity contribution is 7.14. The molecule has 2 heterocycles. The van der Waals surface area contributed by atoms with Gasteiger partial charge < -0.3 is 4.74 Å². The van der Waals surface area contributed by atoms with Gasteiger partial charge in [-0.1, -0.05) is 18.2 Å². The molecule has 0 atom stereocenters. The predicted molar refractivity (Wildman–Crippen MR) is 90.1 cm³/mol. The molecule has 0 N–H and O–H groups in total. The molecule has 0 fully saturated rings. The summed E-state index contributed by atoms with van der Waals surface area (Å²) in [4.78, 5) is 16.4. The van der Waals surface area contributed by atoms with Gasteiger partial charge >= 0.3 is 5.97 Å². The van der Waals surface area contributed by atoms with E-state index < -0.39 is 0 Å². The van der Waals surface area contributed by atoms with Crippen molar-refractivity contribution in [3.63, 3.8) is 0 Å². The van der Waals surface area contributed by atoms with Crippen molar-refractivity contribution in [3.8, 4) is 16.6 Å². The number of carbonyl (C=O) groups is 1. The van der Waals surface area contributed by atoms with Gasteiger partial charge in [0, 0.05) is 21.9 Å². The van der Waals surface area contributed by atoms with Gasteiger partial charge in [0.1, 0.15) is 11.6 Å². The van der Waals surface area contributed by atoms with E-state index in [4.69, 9.17) is 10.00 Å². The molecule has 0 spiro atoms. The second-order valence-corrected chi connectivity index (χ2v) is 6.40. The second-order valence-electron chi connectivity index (χ2n) is 4.76. The third-order valence-electron chi connectivity index (χ3n) is 3.17. The zero-order valence-electron chi connectivity index (χ0n) is 12.1. The van der Waals surface area contributed by atoms with Gasteiger partial charge in [-0.15, -0.1) is 11.3 Å². The lowest BCUT2D eigenvalue weighted by atomic mass is 10.1. The summed E-state index contributed by atoms with van der Waals surface area (Å²) in [7, 11) is 0. The van der Waals surface area contributed by atoms with E-state index in [2.05, 4.69) is 11.1 Å². The Bertz CT molecular complexity index is 848. The Morgan fingerprint density at radius 1 is 1.26 bits per heavy atom. The lowest BCUT2D eigenvalue weighted by molar-refractivity contribution is -0.144. The number of thiazole rings is 1. The molecule has 0 saturated carbocycles. The molecule has 3 rings (SSSR count). The normalized spacial score (nSPS) is 10.2. The van der Waals surface area contributed by atoms with E-state index in [0.29, 0.717) is 16.8 Å². The highest BCUT2D eigenvalue weighted by Crippen LogP contribution is 2.25. The molecule has 23 heavy (non-hydrogen) atoms. The monoisotopic (exact) mass is 340 g/mol. The Labute approximate surface area is 141 Å². The summed E-state index contributed by atoms with van der Waals surface area (Å²) in [5.74, 6) is -0.347. The van der Waals surface area contributed by atoms with Crippen LogP contribution >= 0.6 is 22.7 Å². The summed E-state index contributed by atoms with van der Waals surface area (Å²) >= 11 is 3.13. The van der Waals surface area contributed by atoms with E-state index in [1.54, 1.807) is 29.5 Å². The highest BCUT2D eigenvalue weighted by atomic mass is 32.1. The first-order valence-electron chi connectivity index (χ1n) is 6.87. The van der Waals surface area contributed by atoms with Crippen molar-refractivity contribution < 1.29 is 9.53 Å². The third-order valence-corrected chi connectivity index (χ3v) is 4.80. The lowest BCUT2D eigenvalue weighted by Crippen LogP contribution is -2.09. The number of hydrogen-bond acceptors (Lipinski definition) is 6. The van der Waals surface area contributed by atoms with Gasteiger partial charge in [0.2, 0.25) is 0 Å². The fourth-order valence-corrected chi connectivity index (χ4v) is 3.55. The van der Waals surface area contributed by atoms with Crippen molar-refractivity contribution in [1.82, 2.24) is 4.98 Å². The first-order chi connectivity index (χ1) is 11.3. The van der Waals surface area contributed by atoms with E-state index in [0.717, 1.165) is 10.6 Å². The maximum atomic E-state index is 11.9. The summed E-state index contributed by atoms with van der Waals surface area (Å²) in [6.07, 6.45) is 0.134. The predicted octanol–water partition coefficient (Wildman–Crippen LogP) is 4.03. The summed E-state index contributed by atoms with van der Waals surface area (Å²) in [5.41, 5.74) is 3.01. The highest BCUT2D eigenvalue weighted by Gasteiger charge is 2.11. The lowest BCUT2D eigenvalue weighted by Gasteiger charge is -2.05. The minimum Gasteiger partial charge on any atom is -0.460 e. The van der Waals surface area contributed by atoms with Crippen molar-refractivity contribution in [2.75, 3.05) is 0 Å². The Hall–Kier alpha value is -2.49. The minimum absolute atomic E-state index is 0.101. The fourth-order valence-electron chi connectivity index (χ4n) is 2.02. The first kappa shape index (κ1) is 15.4. The van der Waals surface area contributed by atoms with Crippen LogP contribution in [0.5, 0.6) is 0 Å². The molecule has 4 nitrogen and oxygen atoms in total. The number of hydrogen-bond donors (Lipinski definition) is 0. The average Bonchev–Trinajstić information content (AvgIpc) is 3.24. The quantitative estimate of drug-likeness (QED) is 0.658. The zero-order valence-corrected chi connectivity index (χ0v) is 13.7. The van der Waals surface area contributed by atoms with Crippen molar-refractivity contribution in [1.29, 1.82) is 5.26 Å². The maximum Gasteiger partial charge on any atom is 0.312 e. The second kappa shape index (κ2) is 7.18. The van der Waals surface area contributed by atoms with Gasteiger partial charge in [0.05, 0.1) is 23.7 Å². The number of benzene rings is 1. The number of ether oxygens (including phenoxy) is 1. The van der Waals surface area contributed by atoms with Gasteiger partial charge in [0.25, 0.3) is 0 Å². The Morgan fingerprint density at radius 2 is 2.13 bits per heavy atom. The maximum absolute atomic E-state index is 11.9. The van der Waals surface area contributed by atoms with Crippen LogP contribution in [0.15, 0.2) is 46.5 Å². The molecule has 114 valence electrons. The number of nitriles is 1. The molecule has 0 aliphatic heterocycles. The molecular formula is C17H12N2O2S2. The molecular weight excluding hydrogens is 328 g/mol. The van der Waals surface area contributed by atoms with E-state index in [9.17, 15) is 4.79 Å². The standard InChI is InChI=1S/C17H12N2O2S2/c18-8-12-3-1-2-4-13(12)9-21-16(20)7-15-11-23-17(19-15)14-5-6-22-10-14/h1-6,10-11H,7,9H2. The minimum atomic E-state index is -0.347. The Kier molecular flexibility index (Phi) is 4.81. The smallest absolute Gasteiger partial charge is 0.312 e. The average molecular weight is 340 g/mol. The molecule has 0 bridgehead atoms. The molecule has 2 aromatic heterocycles. The van der Waals surface area contributed by atoms with Crippen LogP contribution in [0.4, 0.5) is 0 Å². The topological polar surface area (TPSA) is 63.0 Å². The summed E-state index contributed by atoms with van der Waals surface area (Å²) in [5, 5.41) is 15.8. The van der Waals surface area contributed by atoms with Crippen molar-refractivity contribution in [3.05, 3.63) is 63.3 Å². The van der Waals surface area contributed by atoms with Gasteiger partial charge in [-0.05, 0) is 17.5 Å². The Balaban J connectivity index is 1.59. The molecule has 3 aromatic rings. The van der Waals surface area contributed by atoms with E-state index >= 15 is 0 Å². The van der Waals surface area contributed by atoms with E-state index in [-0.39, 0.29) is 19.0 Å². The van der Waals surface area contributed by atoms with Crippen LogP contribution in [0.1, 0.15) is 16.8 Å². The molecule has 0 aliphatic rings.